The Morgan fingerprint density at radius 3 is 2.81 bits per heavy atom. The Labute approximate surface area is 96.4 Å². The number of nitrogens with two attached hydrogens (primary N) is 1. The highest BCUT2D eigenvalue weighted by atomic mass is 16.3. The predicted octanol–water partition coefficient (Wildman–Crippen LogP) is 1.76. The van der Waals surface area contributed by atoms with Crippen molar-refractivity contribution in [3.05, 3.63) is 24.2 Å². The Morgan fingerprint density at radius 2 is 2.31 bits per heavy atom. The zero-order valence-corrected chi connectivity index (χ0v) is 9.98. The first kappa shape index (κ1) is 12.8. The quantitative estimate of drug-likeness (QED) is 0.801. The first-order valence-electron chi connectivity index (χ1n) is 5.75. The molecule has 0 unspecified atom stereocenters. The largest absolute Gasteiger partial charge is 0.467 e. The van der Waals surface area contributed by atoms with Gasteiger partial charge in [0.2, 0.25) is 5.91 Å². The van der Waals surface area contributed by atoms with Gasteiger partial charge < -0.3 is 15.1 Å². The zero-order chi connectivity index (χ0) is 12.0. The van der Waals surface area contributed by atoms with Crippen LogP contribution in [0.25, 0.3) is 0 Å². The molecule has 0 aliphatic rings. The maximum absolute atomic E-state index is 11.9. The van der Waals surface area contributed by atoms with E-state index in [2.05, 4.69) is 0 Å². The fourth-order valence-corrected chi connectivity index (χ4v) is 1.61. The summed E-state index contributed by atoms with van der Waals surface area (Å²) in [6, 6.07) is 3.29. The van der Waals surface area contributed by atoms with Crippen LogP contribution in [0.3, 0.4) is 0 Å². The summed E-state index contributed by atoms with van der Waals surface area (Å²) >= 11 is 0. The number of amides is 1. The van der Waals surface area contributed by atoms with Gasteiger partial charge in [-0.25, -0.2) is 0 Å². The van der Waals surface area contributed by atoms with E-state index in [0.29, 0.717) is 13.1 Å². The Morgan fingerprint density at radius 1 is 1.56 bits per heavy atom. The van der Waals surface area contributed by atoms with E-state index in [-0.39, 0.29) is 11.9 Å². The molecule has 0 saturated carbocycles. The molecule has 1 aromatic rings. The second kappa shape index (κ2) is 6.33. The Kier molecular flexibility index (Phi) is 5.05. The molecule has 90 valence electrons. The van der Waals surface area contributed by atoms with Crippen molar-refractivity contribution in [1.29, 1.82) is 0 Å². The van der Waals surface area contributed by atoms with Gasteiger partial charge in [-0.15, -0.1) is 0 Å². The molecule has 1 rings (SSSR count). The smallest absolute Gasteiger partial charge is 0.239 e. The number of hydrogen-bond donors (Lipinski definition) is 1. The summed E-state index contributed by atoms with van der Waals surface area (Å²) < 4.78 is 5.22. The van der Waals surface area contributed by atoms with Gasteiger partial charge in [0.1, 0.15) is 5.76 Å². The maximum Gasteiger partial charge on any atom is 0.239 e. The van der Waals surface area contributed by atoms with Crippen molar-refractivity contribution < 1.29 is 9.21 Å². The molecule has 1 atom stereocenters. The van der Waals surface area contributed by atoms with Crippen molar-refractivity contribution in [3.8, 4) is 0 Å². The van der Waals surface area contributed by atoms with Gasteiger partial charge in [0.25, 0.3) is 0 Å². The minimum Gasteiger partial charge on any atom is -0.467 e. The van der Waals surface area contributed by atoms with Crippen LogP contribution < -0.4 is 5.73 Å². The number of carbonyl (C=O) groups excluding carboxylic acids is 1. The van der Waals surface area contributed by atoms with Crippen LogP contribution in [0.5, 0.6) is 0 Å². The second-order valence-electron chi connectivity index (χ2n) is 3.83. The molecule has 0 saturated heterocycles. The van der Waals surface area contributed by atoms with Crippen molar-refractivity contribution >= 4 is 5.91 Å². The summed E-state index contributed by atoms with van der Waals surface area (Å²) in [6.45, 7) is 5.12. The second-order valence-corrected chi connectivity index (χ2v) is 3.83. The molecule has 4 heteroatoms. The molecule has 1 aromatic heterocycles. The highest BCUT2D eigenvalue weighted by Gasteiger charge is 2.19. The average Bonchev–Trinajstić information content (AvgIpc) is 2.78. The van der Waals surface area contributed by atoms with E-state index in [9.17, 15) is 4.79 Å². The third-order valence-corrected chi connectivity index (χ3v) is 2.54. The van der Waals surface area contributed by atoms with Crippen LogP contribution in [0.2, 0.25) is 0 Å². The highest BCUT2D eigenvalue weighted by Crippen LogP contribution is 2.08. The minimum atomic E-state index is -0.389. The van der Waals surface area contributed by atoms with E-state index in [1.54, 1.807) is 11.2 Å². The van der Waals surface area contributed by atoms with Gasteiger partial charge in [0.05, 0.1) is 18.8 Å². The van der Waals surface area contributed by atoms with Gasteiger partial charge in [0.15, 0.2) is 0 Å². The minimum absolute atomic E-state index is 0.000694. The van der Waals surface area contributed by atoms with E-state index < -0.39 is 0 Å². The van der Waals surface area contributed by atoms with Crippen LogP contribution >= 0.6 is 0 Å². The van der Waals surface area contributed by atoms with Gasteiger partial charge in [0, 0.05) is 6.54 Å². The SMILES string of the molecule is CCC[C@H](N)C(=O)N(CC)Cc1ccco1. The Balaban J connectivity index is 2.56. The van der Waals surface area contributed by atoms with Crippen LogP contribution in [0.15, 0.2) is 22.8 Å². The topological polar surface area (TPSA) is 59.5 Å². The summed E-state index contributed by atoms with van der Waals surface area (Å²) in [4.78, 5) is 13.7. The number of likely N-dealkylation sites (N-methyl/N-ethyl adjacent to an activating group) is 1. The molecule has 2 N–H and O–H groups in total. The molecule has 0 bridgehead atoms. The highest BCUT2D eigenvalue weighted by molar-refractivity contribution is 5.81. The van der Waals surface area contributed by atoms with E-state index in [4.69, 9.17) is 10.2 Å². The number of carbonyl (C=O) groups is 1. The van der Waals surface area contributed by atoms with Crippen LogP contribution in [0.4, 0.5) is 0 Å². The molecule has 16 heavy (non-hydrogen) atoms. The summed E-state index contributed by atoms with van der Waals surface area (Å²) in [5, 5.41) is 0. The first-order valence-corrected chi connectivity index (χ1v) is 5.75. The molecule has 0 radical (unpaired) electrons. The van der Waals surface area contributed by atoms with Crippen LogP contribution in [-0.4, -0.2) is 23.4 Å². The zero-order valence-electron chi connectivity index (χ0n) is 9.98. The summed E-state index contributed by atoms with van der Waals surface area (Å²) in [6.07, 6.45) is 3.26. The monoisotopic (exact) mass is 224 g/mol. The molecule has 0 aliphatic carbocycles. The fourth-order valence-electron chi connectivity index (χ4n) is 1.61. The van der Waals surface area contributed by atoms with E-state index in [0.717, 1.165) is 18.6 Å². The van der Waals surface area contributed by atoms with Gasteiger partial charge in [-0.3, -0.25) is 4.79 Å². The van der Waals surface area contributed by atoms with Crippen LogP contribution in [0, 0.1) is 0 Å². The number of rotatable bonds is 6. The van der Waals surface area contributed by atoms with Crippen molar-refractivity contribution in [2.45, 2.75) is 39.3 Å². The lowest BCUT2D eigenvalue weighted by atomic mass is 10.1. The van der Waals surface area contributed by atoms with Crippen molar-refractivity contribution in [1.82, 2.24) is 4.90 Å². The lowest BCUT2D eigenvalue weighted by Crippen LogP contribution is -2.43. The summed E-state index contributed by atoms with van der Waals surface area (Å²) in [5.74, 6) is 0.791. The van der Waals surface area contributed by atoms with E-state index >= 15 is 0 Å². The first-order chi connectivity index (χ1) is 7.69. The van der Waals surface area contributed by atoms with Gasteiger partial charge in [-0.2, -0.15) is 0 Å². The Hall–Kier alpha value is -1.29. The fraction of sp³-hybridized carbons (Fsp3) is 0.583. The lowest BCUT2D eigenvalue weighted by Gasteiger charge is -2.23. The predicted molar refractivity (Wildman–Crippen MR) is 62.7 cm³/mol. The lowest BCUT2D eigenvalue weighted by molar-refractivity contribution is -0.133. The number of nitrogens with zero attached hydrogens (tertiary/aromatic N) is 1. The van der Waals surface area contributed by atoms with Crippen molar-refractivity contribution in [2.24, 2.45) is 5.73 Å². The summed E-state index contributed by atoms with van der Waals surface area (Å²) in [7, 11) is 0. The standard InChI is InChI=1S/C12H20N2O2/c1-3-6-11(13)12(15)14(4-2)9-10-7-5-8-16-10/h5,7-8,11H,3-4,6,9,13H2,1-2H3/t11-/m0/s1. The molecular weight excluding hydrogens is 204 g/mol. The molecule has 0 spiro atoms. The van der Waals surface area contributed by atoms with Crippen LogP contribution in [-0.2, 0) is 11.3 Å². The molecule has 0 fully saturated rings. The summed E-state index contributed by atoms with van der Waals surface area (Å²) in [5.41, 5.74) is 5.81. The van der Waals surface area contributed by atoms with Crippen molar-refractivity contribution in [3.63, 3.8) is 0 Å². The third kappa shape index (κ3) is 3.38. The average molecular weight is 224 g/mol. The van der Waals surface area contributed by atoms with Crippen LogP contribution in [0.1, 0.15) is 32.4 Å². The molecule has 0 aliphatic heterocycles. The van der Waals surface area contributed by atoms with Gasteiger partial charge >= 0.3 is 0 Å². The molecular formula is C12H20N2O2. The Bertz CT molecular complexity index is 309. The molecule has 0 aromatic carbocycles. The number of hydrogen-bond acceptors (Lipinski definition) is 3. The molecule has 1 heterocycles. The normalized spacial score (nSPS) is 12.4. The van der Waals surface area contributed by atoms with Gasteiger partial charge in [-0.1, -0.05) is 13.3 Å². The molecule has 1 amide bonds. The maximum atomic E-state index is 11.9. The van der Waals surface area contributed by atoms with E-state index in [1.165, 1.54) is 0 Å². The van der Waals surface area contributed by atoms with Crippen molar-refractivity contribution in [2.75, 3.05) is 6.54 Å². The van der Waals surface area contributed by atoms with E-state index in [1.807, 2.05) is 26.0 Å². The molecule has 4 nitrogen and oxygen atoms in total. The number of furan rings is 1. The third-order valence-electron chi connectivity index (χ3n) is 2.54. The van der Waals surface area contributed by atoms with Gasteiger partial charge in [-0.05, 0) is 25.5 Å².